The summed E-state index contributed by atoms with van der Waals surface area (Å²) in [6.45, 7) is -2.55. The average molecular weight is 395 g/mol. The van der Waals surface area contributed by atoms with Gasteiger partial charge in [0.15, 0.2) is 11.5 Å². The summed E-state index contributed by atoms with van der Waals surface area (Å²) in [7, 11) is 1.26. The molecular weight excluding hydrogens is 376 g/mol. The van der Waals surface area contributed by atoms with Crippen molar-refractivity contribution in [3.05, 3.63) is 42.2 Å². The average Bonchev–Trinajstić information content (AvgIpc) is 2.70. The first-order valence-corrected chi connectivity index (χ1v) is 8.18. The van der Waals surface area contributed by atoms with Gasteiger partial charge in [0.05, 0.1) is 13.7 Å². The lowest BCUT2D eigenvalue weighted by Crippen LogP contribution is -2.38. The van der Waals surface area contributed by atoms with Crippen molar-refractivity contribution < 1.29 is 27.8 Å². The van der Waals surface area contributed by atoms with Gasteiger partial charge in [0, 0.05) is 31.0 Å². The number of carbonyl (C=O) groups is 2. The number of hydrogen-bond acceptors (Lipinski definition) is 7. The van der Waals surface area contributed by atoms with Crippen LogP contribution in [0.25, 0.3) is 0 Å². The fourth-order valence-electron chi connectivity index (χ4n) is 2.09. The van der Waals surface area contributed by atoms with Crippen molar-refractivity contribution in [3.63, 3.8) is 0 Å². The molecule has 28 heavy (non-hydrogen) atoms. The molecule has 0 atom stereocenters. The number of amides is 2. The summed E-state index contributed by atoms with van der Waals surface area (Å²) in [5.41, 5.74) is 0.133. The Kier molecular flexibility index (Phi) is 7.88. The van der Waals surface area contributed by atoms with Gasteiger partial charge in [-0.15, -0.1) is 0 Å². The molecule has 2 aromatic rings. The predicted molar refractivity (Wildman–Crippen MR) is 95.5 cm³/mol. The molecule has 0 unspecified atom stereocenters. The molecule has 1 heterocycles. The van der Waals surface area contributed by atoms with Crippen molar-refractivity contribution in [3.8, 4) is 11.5 Å². The van der Waals surface area contributed by atoms with Crippen LogP contribution in [0.3, 0.4) is 0 Å². The maximum Gasteiger partial charge on any atom is 0.387 e. The number of ether oxygens (including phenoxy) is 2. The quantitative estimate of drug-likeness (QED) is 0.515. The summed E-state index contributed by atoms with van der Waals surface area (Å²) in [6.07, 6.45) is 3.18. The molecule has 0 bridgehead atoms. The summed E-state index contributed by atoms with van der Waals surface area (Å²) in [4.78, 5) is 31.8. The topological polar surface area (TPSA) is 114 Å². The van der Waals surface area contributed by atoms with Crippen molar-refractivity contribution in [1.29, 1.82) is 0 Å². The molecule has 0 radical (unpaired) electrons. The van der Waals surface area contributed by atoms with E-state index in [0.29, 0.717) is 19.0 Å². The molecule has 2 amide bonds. The highest BCUT2D eigenvalue weighted by Gasteiger charge is 2.14. The lowest BCUT2D eigenvalue weighted by Gasteiger charge is -2.11. The standard InChI is InChI=1S/C17H19F2N5O4/c1-27-13-9-11(3-4-12(13)28-16(18)19)15(26)24-10-14(25)20-7-8-23-17-21-5-2-6-22-17/h2-6,9,16H,7-8,10H2,1H3,(H,20,25)(H,24,26)(H,21,22,23). The Labute approximate surface area is 159 Å². The van der Waals surface area contributed by atoms with Gasteiger partial charge in [-0.3, -0.25) is 9.59 Å². The Morgan fingerprint density at radius 3 is 2.54 bits per heavy atom. The van der Waals surface area contributed by atoms with E-state index in [0.717, 1.165) is 0 Å². The first-order chi connectivity index (χ1) is 13.5. The Hall–Kier alpha value is -3.50. The van der Waals surface area contributed by atoms with Gasteiger partial charge >= 0.3 is 6.61 Å². The molecule has 0 saturated carbocycles. The highest BCUT2D eigenvalue weighted by molar-refractivity contribution is 5.97. The van der Waals surface area contributed by atoms with Crippen LogP contribution in [-0.2, 0) is 4.79 Å². The fraction of sp³-hybridized carbons (Fsp3) is 0.294. The highest BCUT2D eigenvalue weighted by atomic mass is 19.3. The number of halogens is 2. The molecule has 0 fully saturated rings. The molecule has 0 aliphatic carbocycles. The van der Waals surface area contributed by atoms with Gasteiger partial charge < -0.3 is 25.4 Å². The van der Waals surface area contributed by atoms with Gasteiger partial charge in [0.2, 0.25) is 11.9 Å². The van der Waals surface area contributed by atoms with E-state index in [1.165, 1.54) is 25.3 Å². The minimum absolute atomic E-state index is 0.0217. The van der Waals surface area contributed by atoms with Gasteiger partial charge in [-0.25, -0.2) is 9.97 Å². The minimum atomic E-state index is -3.01. The van der Waals surface area contributed by atoms with Crippen molar-refractivity contribution in [2.24, 2.45) is 0 Å². The number of alkyl halides is 2. The van der Waals surface area contributed by atoms with Crippen molar-refractivity contribution in [2.75, 3.05) is 32.1 Å². The summed E-state index contributed by atoms with van der Waals surface area (Å²) in [5, 5.41) is 7.96. The molecular formula is C17H19F2N5O4. The molecule has 0 spiro atoms. The van der Waals surface area contributed by atoms with Crippen LogP contribution in [0.4, 0.5) is 14.7 Å². The van der Waals surface area contributed by atoms with Crippen molar-refractivity contribution in [1.82, 2.24) is 20.6 Å². The smallest absolute Gasteiger partial charge is 0.387 e. The van der Waals surface area contributed by atoms with Gasteiger partial charge in [0.25, 0.3) is 5.91 Å². The van der Waals surface area contributed by atoms with Crippen LogP contribution in [-0.4, -0.2) is 55.1 Å². The Bertz CT molecular complexity index is 792. The molecule has 11 heteroatoms. The van der Waals surface area contributed by atoms with E-state index in [9.17, 15) is 18.4 Å². The van der Waals surface area contributed by atoms with Crippen LogP contribution in [0.5, 0.6) is 11.5 Å². The molecule has 2 rings (SSSR count). The van der Waals surface area contributed by atoms with E-state index in [1.807, 2.05) is 0 Å². The van der Waals surface area contributed by atoms with Crippen LogP contribution in [0.2, 0.25) is 0 Å². The van der Waals surface area contributed by atoms with Crippen molar-refractivity contribution >= 4 is 17.8 Å². The second-order valence-electron chi connectivity index (χ2n) is 5.28. The van der Waals surface area contributed by atoms with Crippen LogP contribution in [0.1, 0.15) is 10.4 Å². The van der Waals surface area contributed by atoms with E-state index in [-0.39, 0.29) is 23.6 Å². The zero-order valence-corrected chi connectivity index (χ0v) is 14.9. The molecule has 0 aliphatic heterocycles. The third-order valence-corrected chi connectivity index (χ3v) is 3.35. The van der Waals surface area contributed by atoms with Gasteiger partial charge in [-0.2, -0.15) is 8.78 Å². The third-order valence-electron chi connectivity index (χ3n) is 3.35. The number of aromatic nitrogens is 2. The molecule has 1 aromatic carbocycles. The van der Waals surface area contributed by atoms with E-state index >= 15 is 0 Å². The minimum Gasteiger partial charge on any atom is -0.493 e. The molecule has 0 saturated heterocycles. The Morgan fingerprint density at radius 2 is 1.86 bits per heavy atom. The first-order valence-electron chi connectivity index (χ1n) is 8.18. The third kappa shape index (κ3) is 6.67. The molecule has 0 aliphatic rings. The summed E-state index contributed by atoms with van der Waals surface area (Å²) in [5.74, 6) is -0.729. The predicted octanol–water partition coefficient (Wildman–Crippen LogP) is 1.04. The van der Waals surface area contributed by atoms with Gasteiger partial charge in [-0.1, -0.05) is 0 Å². The number of hydrogen-bond donors (Lipinski definition) is 3. The molecule has 150 valence electrons. The Morgan fingerprint density at radius 1 is 1.11 bits per heavy atom. The number of rotatable bonds is 10. The zero-order valence-electron chi connectivity index (χ0n) is 14.9. The van der Waals surface area contributed by atoms with E-state index in [1.54, 1.807) is 18.5 Å². The first kappa shape index (κ1) is 20.8. The second kappa shape index (κ2) is 10.6. The van der Waals surface area contributed by atoms with Crippen LogP contribution >= 0.6 is 0 Å². The van der Waals surface area contributed by atoms with E-state index in [4.69, 9.17) is 4.74 Å². The van der Waals surface area contributed by atoms with E-state index < -0.39 is 18.4 Å². The van der Waals surface area contributed by atoms with Crippen LogP contribution < -0.4 is 25.4 Å². The highest BCUT2D eigenvalue weighted by Crippen LogP contribution is 2.29. The zero-order chi connectivity index (χ0) is 20.4. The van der Waals surface area contributed by atoms with Gasteiger partial charge in [0.1, 0.15) is 0 Å². The summed E-state index contributed by atoms with van der Waals surface area (Å²) < 4.78 is 33.9. The fourth-order valence-corrected chi connectivity index (χ4v) is 2.09. The largest absolute Gasteiger partial charge is 0.493 e. The van der Waals surface area contributed by atoms with Crippen LogP contribution in [0.15, 0.2) is 36.7 Å². The number of nitrogens with zero attached hydrogens (tertiary/aromatic N) is 2. The number of nitrogens with one attached hydrogen (secondary N) is 3. The Balaban J connectivity index is 1.75. The lowest BCUT2D eigenvalue weighted by atomic mass is 10.2. The lowest BCUT2D eigenvalue weighted by molar-refractivity contribution is -0.120. The number of methoxy groups -OCH3 is 1. The summed E-state index contributed by atoms with van der Waals surface area (Å²) >= 11 is 0. The molecule has 3 N–H and O–H groups in total. The summed E-state index contributed by atoms with van der Waals surface area (Å²) in [6, 6.07) is 5.41. The second-order valence-corrected chi connectivity index (χ2v) is 5.28. The maximum absolute atomic E-state index is 12.3. The number of carbonyl (C=O) groups excluding carboxylic acids is 2. The van der Waals surface area contributed by atoms with Gasteiger partial charge in [-0.05, 0) is 24.3 Å². The van der Waals surface area contributed by atoms with E-state index in [2.05, 4.69) is 30.7 Å². The van der Waals surface area contributed by atoms with Crippen LogP contribution in [0, 0.1) is 0 Å². The normalized spacial score (nSPS) is 10.3. The molecule has 1 aromatic heterocycles. The monoisotopic (exact) mass is 395 g/mol. The maximum atomic E-state index is 12.3. The molecule has 9 nitrogen and oxygen atoms in total. The number of anilines is 1. The number of benzene rings is 1. The SMILES string of the molecule is COc1cc(C(=O)NCC(=O)NCCNc2ncccn2)ccc1OC(F)F. The van der Waals surface area contributed by atoms with Crippen molar-refractivity contribution in [2.45, 2.75) is 6.61 Å².